The van der Waals surface area contributed by atoms with Crippen molar-refractivity contribution in [1.29, 1.82) is 0 Å². The van der Waals surface area contributed by atoms with Crippen LogP contribution in [0, 0.1) is 10.8 Å². The number of halogens is 1. The van der Waals surface area contributed by atoms with E-state index in [-0.39, 0.29) is 35.8 Å². The van der Waals surface area contributed by atoms with Crippen molar-refractivity contribution in [2.45, 2.75) is 39.9 Å². The number of carbonyl (C=O) groups is 1. The maximum Gasteiger partial charge on any atom is 0.338 e. The van der Waals surface area contributed by atoms with Crippen LogP contribution in [0.2, 0.25) is 0 Å². The Morgan fingerprint density at radius 3 is 2.14 bits per heavy atom. The van der Waals surface area contributed by atoms with Gasteiger partial charge in [0.25, 0.3) is 0 Å². The lowest BCUT2D eigenvalue weighted by molar-refractivity contribution is -0.281. The third-order valence-corrected chi connectivity index (χ3v) is 4.86. The van der Waals surface area contributed by atoms with Crippen molar-refractivity contribution in [3.05, 3.63) is 29.8 Å². The van der Waals surface area contributed by atoms with Gasteiger partial charge in [-0.3, -0.25) is 0 Å². The van der Waals surface area contributed by atoms with E-state index in [9.17, 15) is 4.79 Å². The minimum Gasteiger partial charge on any atom is -0.457 e. The van der Waals surface area contributed by atoms with Crippen LogP contribution in [0.3, 0.4) is 0 Å². The van der Waals surface area contributed by atoms with E-state index >= 15 is 0 Å². The number of hydrogen-bond acceptors (Lipinski definition) is 5. The van der Waals surface area contributed by atoms with Crippen LogP contribution in [0.5, 0.6) is 5.75 Å². The Labute approximate surface area is 144 Å². The van der Waals surface area contributed by atoms with Gasteiger partial charge >= 0.3 is 5.97 Å². The van der Waals surface area contributed by atoms with Crippen LogP contribution in [0.25, 0.3) is 0 Å². The highest BCUT2D eigenvalue weighted by Gasteiger charge is 2.65. The van der Waals surface area contributed by atoms with Gasteiger partial charge in [0.05, 0.1) is 11.7 Å². The summed E-state index contributed by atoms with van der Waals surface area (Å²) >= 11 is 1.79. The Kier molecular flexibility index (Phi) is 5.03. The molecule has 1 N–H and O–H groups in total. The van der Waals surface area contributed by atoms with Gasteiger partial charge in [-0.25, -0.2) is 4.79 Å². The van der Waals surface area contributed by atoms with Gasteiger partial charge in [-0.15, -0.1) is 0 Å². The zero-order chi connectivity index (χ0) is 16.5. The van der Waals surface area contributed by atoms with Gasteiger partial charge in [0.1, 0.15) is 18.6 Å². The molecule has 2 rings (SSSR count). The van der Waals surface area contributed by atoms with Crippen molar-refractivity contribution >= 4 is 29.0 Å². The molecule has 0 atom stereocenters. The molecule has 0 radical (unpaired) electrons. The molecular weight excluding hydrogens is 399 g/mol. The highest BCUT2D eigenvalue weighted by atomic mass is 127. The lowest BCUT2D eigenvalue weighted by Gasteiger charge is -2.61. The number of benzene rings is 1. The van der Waals surface area contributed by atoms with Crippen LogP contribution in [0.1, 0.15) is 38.1 Å². The van der Waals surface area contributed by atoms with Crippen molar-refractivity contribution in [1.82, 2.24) is 0 Å². The molecular formula is C16H21IO5. The molecule has 5 nitrogen and oxygen atoms in total. The number of aliphatic hydroxyl groups excluding tert-OH is 1. The van der Waals surface area contributed by atoms with E-state index in [1.54, 1.807) is 47.3 Å². The van der Waals surface area contributed by atoms with Crippen LogP contribution in [0.4, 0.5) is 0 Å². The number of aliphatic hydroxyl groups is 1. The molecule has 1 aliphatic carbocycles. The quantitative estimate of drug-likeness (QED) is 0.450. The third-order valence-electron chi connectivity index (χ3n) is 4.35. The van der Waals surface area contributed by atoms with Crippen LogP contribution in [-0.2, 0) is 9.47 Å². The van der Waals surface area contributed by atoms with Crippen LogP contribution >= 0.6 is 23.0 Å². The van der Waals surface area contributed by atoms with Crippen molar-refractivity contribution < 1.29 is 22.4 Å². The Hall–Kier alpha value is -0.860. The second-order valence-corrected chi connectivity index (χ2v) is 7.15. The first-order valence-electron chi connectivity index (χ1n) is 7.07. The standard InChI is InChI=1S/C16H21IO5/c1-15(2)13(20-9-18)16(3,4)14(15)21-12(19)10-5-7-11(22-17)8-6-10/h5-8,13-14,18H,9H2,1-4H3. The fraction of sp³-hybridized carbons (Fsp3) is 0.562. The summed E-state index contributed by atoms with van der Waals surface area (Å²) in [4.78, 5) is 12.3. The van der Waals surface area contributed by atoms with Crippen molar-refractivity contribution in [3.63, 3.8) is 0 Å². The molecule has 1 aromatic rings. The highest BCUT2D eigenvalue weighted by molar-refractivity contribution is 14.1. The van der Waals surface area contributed by atoms with E-state index in [4.69, 9.17) is 17.6 Å². The SMILES string of the molecule is CC1(C)C(OCO)C(C)(C)C1OC(=O)c1ccc(OI)cc1. The van der Waals surface area contributed by atoms with E-state index in [2.05, 4.69) is 0 Å². The van der Waals surface area contributed by atoms with E-state index in [1.807, 2.05) is 27.7 Å². The van der Waals surface area contributed by atoms with Gasteiger partial charge in [0.2, 0.25) is 0 Å². The summed E-state index contributed by atoms with van der Waals surface area (Å²) in [6.07, 6.45) is -0.456. The van der Waals surface area contributed by atoms with Crippen molar-refractivity contribution in [2.24, 2.45) is 10.8 Å². The molecule has 0 saturated heterocycles. The molecule has 6 heteroatoms. The largest absolute Gasteiger partial charge is 0.457 e. The predicted molar refractivity (Wildman–Crippen MR) is 89.8 cm³/mol. The van der Waals surface area contributed by atoms with E-state index in [0.717, 1.165) is 0 Å². The first kappa shape index (κ1) is 17.5. The number of rotatable bonds is 5. The van der Waals surface area contributed by atoms with Crippen LogP contribution in [0.15, 0.2) is 24.3 Å². The van der Waals surface area contributed by atoms with Gasteiger partial charge in [-0.05, 0) is 24.3 Å². The molecule has 122 valence electrons. The molecule has 1 aromatic carbocycles. The fourth-order valence-corrected chi connectivity index (χ4v) is 4.02. The number of hydrogen-bond donors (Lipinski definition) is 1. The van der Waals surface area contributed by atoms with Gasteiger partial charge in [0, 0.05) is 10.8 Å². The van der Waals surface area contributed by atoms with Gasteiger partial charge in [-0.2, -0.15) is 0 Å². The summed E-state index contributed by atoms with van der Waals surface area (Å²) in [6, 6.07) is 6.79. The van der Waals surface area contributed by atoms with Gasteiger partial charge in [-0.1, -0.05) is 27.7 Å². The smallest absolute Gasteiger partial charge is 0.338 e. The number of ether oxygens (including phenoxy) is 2. The Bertz CT molecular complexity index is 522. The second kappa shape index (κ2) is 6.33. The average Bonchev–Trinajstić information content (AvgIpc) is 2.49. The third kappa shape index (κ3) is 2.96. The fourth-order valence-electron chi connectivity index (χ4n) is 3.72. The molecule has 0 amide bonds. The summed E-state index contributed by atoms with van der Waals surface area (Å²) in [5.74, 6) is 0.312. The normalized spacial score (nSPS) is 25.2. The number of esters is 1. The summed E-state index contributed by atoms with van der Waals surface area (Å²) in [5.41, 5.74) is -0.226. The lowest BCUT2D eigenvalue weighted by atomic mass is 9.51. The molecule has 0 spiro atoms. The first-order valence-corrected chi connectivity index (χ1v) is 7.95. The minimum atomic E-state index is -0.367. The summed E-state index contributed by atoms with van der Waals surface area (Å²) in [5, 5.41) is 9.02. The molecule has 0 aliphatic heterocycles. The molecule has 0 heterocycles. The first-order chi connectivity index (χ1) is 10.2. The van der Waals surface area contributed by atoms with Gasteiger partial charge in [0.15, 0.2) is 23.0 Å². The summed E-state index contributed by atoms with van der Waals surface area (Å²) in [6.45, 7) is 7.57. The molecule has 22 heavy (non-hydrogen) atoms. The predicted octanol–water partition coefficient (Wildman–Crippen LogP) is 3.34. The Balaban J connectivity index is 2.10. The highest BCUT2D eigenvalue weighted by Crippen LogP contribution is 2.57. The zero-order valence-corrected chi connectivity index (χ0v) is 15.3. The minimum absolute atomic E-state index is 0.169. The van der Waals surface area contributed by atoms with E-state index < -0.39 is 0 Å². The molecule has 0 bridgehead atoms. The van der Waals surface area contributed by atoms with Crippen molar-refractivity contribution in [2.75, 3.05) is 6.79 Å². The molecule has 1 saturated carbocycles. The molecule has 0 aromatic heterocycles. The second-order valence-electron chi connectivity index (χ2n) is 6.71. The topological polar surface area (TPSA) is 65.0 Å². The number of carbonyl (C=O) groups excluding carboxylic acids is 1. The molecule has 1 fully saturated rings. The zero-order valence-electron chi connectivity index (χ0n) is 13.1. The molecule has 1 aliphatic rings. The maximum atomic E-state index is 12.3. The van der Waals surface area contributed by atoms with Crippen LogP contribution in [-0.4, -0.2) is 30.1 Å². The maximum absolute atomic E-state index is 12.3. The van der Waals surface area contributed by atoms with Crippen LogP contribution < -0.4 is 3.07 Å². The molecule has 0 unspecified atom stereocenters. The lowest BCUT2D eigenvalue weighted by Crippen LogP contribution is -2.69. The Morgan fingerprint density at radius 2 is 1.68 bits per heavy atom. The van der Waals surface area contributed by atoms with Crippen molar-refractivity contribution in [3.8, 4) is 5.75 Å². The monoisotopic (exact) mass is 420 g/mol. The van der Waals surface area contributed by atoms with Gasteiger partial charge < -0.3 is 17.6 Å². The van der Waals surface area contributed by atoms with E-state index in [1.165, 1.54) is 0 Å². The summed E-state index contributed by atoms with van der Waals surface area (Å²) < 4.78 is 16.2. The summed E-state index contributed by atoms with van der Waals surface area (Å²) in [7, 11) is 0. The Morgan fingerprint density at radius 1 is 1.14 bits per heavy atom. The van der Waals surface area contributed by atoms with E-state index in [0.29, 0.717) is 11.3 Å². The average molecular weight is 420 g/mol.